The molecule has 0 aromatic heterocycles. The first-order chi connectivity index (χ1) is 12.6. The molecule has 0 heterocycles. The summed E-state index contributed by atoms with van der Waals surface area (Å²) in [7, 11) is -3.64. The monoisotopic (exact) mass is 389 g/mol. The summed E-state index contributed by atoms with van der Waals surface area (Å²) >= 11 is 0. The van der Waals surface area contributed by atoms with Gasteiger partial charge < -0.3 is 10.1 Å². The molecule has 1 N–H and O–H groups in total. The fourth-order valence-electron chi connectivity index (χ4n) is 2.37. The molecule has 0 saturated carbocycles. The first kappa shape index (κ1) is 20.3. The van der Waals surface area contributed by atoms with E-state index in [-0.39, 0.29) is 16.2 Å². The quantitative estimate of drug-likeness (QED) is 0.601. The van der Waals surface area contributed by atoms with Gasteiger partial charge in [-0.3, -0.25) is 9.59 Å². The van der Waals surface area contributed by atoms with Crippen molar-refractivity contribution in [1.82, 2.24) is 0 Å². The van der Waals surface area contributed by atoms with Gasteiger partial charge in [-0.2, -0.15) is 0 Å². The molecular formula is C19H19NO6S. The summed E-state index contributed by atoms with van der Waals surface area (Å²) in [6.07, 6.45) is -0.223. The van der Waals surface area contributed by atoms with E-state index in [2.05, 4.69) is 5.32 Å². The van der Waals surface area contributed by atoms with Crippen molar-refractivity contribution >= 4 is 33.2 Å². The van der Waals surface area contributed by atoms with Crippen LogP contribution in [0, 0.1) is 0 Å². The number of benzene rings is 2. The van der Waals surface area contributed by atoms with Crippen LogP contribution < -0.4 is 5.32 Å². The van der Waals surface area contributed by atoms with Gasteiger partial charge in [-0.05, 0) is 38.1 Å². The summed E-state index contributed by atoms with van der Waals surface area (Å²) in [6.45, 7) is 2.73. The van der Waals surface area contributed by atoms with Crippen molar-refractivity contribution in [3.8, 4) is 0 Å². The lowest BCUT2D eigenvalue weighted by Gasteiger charge is -2.15. The van der Waals surface area contributed by atoms with E-state index >= 15 is 0 Å². The second kappa shape index (κ2) is 8.13. The third-order valence-corrected chi connectivity index (χ3v) is 4.88. The highest BCUT2D eigenvalue weighted by Gasteiger charge is 2.24. The van der Waals surface area contributed by atoms with Gasteiger partial charge in [0.2, 0.25) is 0 Å². The van der Waals surface area contributed by atoms with Crippen LogP contribution in [0.2, 0.25) is 0 Å². The summed E-state index contributed by atoms with van der Waals surface area (Å²) in [4.78, 5) is 36.1. The van der Waals surface area contributed by atoms with E-state index in [1.807, 2.05) is 0 Å². The third kappa shape index (κ3) is 5.01. The number of esters is 1. The minimum Gasteiger partial charge on any atom is -0.449 e. The highest BCUT2D eigenvalue weighted by atomic mass is 32.2. The SMILES string of the molecule is CC(=O)c1ccccc1NC(=O)[C@@H](C)OC(=O)c1ccccc1S(C)(=O)=O. The number of nitrogens with one attached hydrogen (secondary N) is 1. The van der Waals surface area contributed by atoms with E-state index in [1.54, 1.807) is 24.3 Å². The number of para-hydroxylation sites is 1. The Morgan fingerprint density at radius 2 is 1.52 bits per heavy atom. The van der Waals surface area contributed by atoms with Gasteiger partial charge in [-0.15, -0.1) is 0 Å². The van der Waals surface area contributed by atoms with E-state index < -0.39 is 27.8 Å². The molecule has 1 atom stereocenters. The molecule has 0 saturated heterocycles. The van der Waals surface area contributed by atoms with E-state index in [9.17, 15) is 22.8 Å². The number of amides is 1. The topological polar surface area (TPSA) is 107 Å². The van der Waals surface area contributed by atoms with Crippen LogP contribution in [0.15, 0.2) is 53.4 Å². The van der Waals surface area contributed by atoms with Gasteiger partial charge in [0.25, 0.3) is 5.91 Å². The average molecular weight is 389 g/mol. The van der Waals surface area contributed by atoms with Gasteiger partial charge in [0.05, 0.1) is 16.1 Å². The summed E-state index contributed by atoms with van der Waals surface area (Å²) in [6, 6.07) is 12.0. The maximum absolute atomic E-state index is 12.3. The van der Waals surface area contributed by atoms with Gasteiger partial charge >= 0.3 is 5.97 Å². The number of ether oxygens (including phenoxy) is 1. The van der Waals surface area contributed by atoms with Crippen molar-refractivity contribution in [1.29, 1.82) is 0 Å². The lowest BCUT2D eigenvalue weighted by Crippen LogP contribution is -2.30. The van der Waals surface area contributed by atoms with Crippen LogP contribution in [0.5, 0.6) is 0 Å². The second-order valence-corrected chi connectivity index (χ2v) is 7.89. The van der Waals surface area contributed by atoms with Crippen molar-refractivity contribution in [3.05, 3.63) is 59.7 Å². The molecule has 7 nitrogen and oxygen atoms in total. The first-order valence-electron chi connectivity index (χ1n) is 8.02. The van der Waals surface area contributed by atoms with Gasteiger partial charge in [0.15, 0.2) is 21.7 Å². The van der Waals surface area contributed by atoms with Crippen LogP contribution in [0.4, 0.5) is 5.69 Å². The largest absolute Gasteiger partial charge is 0.449 e. The summed E-state index contributed by atoms with van der Waals surface area (Å²) in [5, 5.41) is 2.54. The lowest BCUT2D eigenvalue weighted by atomic mass is 10.1. The zero-order valence-electron chi connectivity index (χ0n) is 15.1. The summed E-state index contributed by atoms with van der Waals surface area (Å²) in [5.74, 6) is -1.80. The predicted octanol–water partition coefficient (Wildman–Crippen LogP) is 2.48. The molecule has 0 aliphatic rings. The van der Waals surface area contributed by atoms with Gasteiger partial charge in [0.1, 0.15) is 0 Å². The minimum atomic E-state index is -3.64. The zero-order chi connectivity index (χ0) is 20.2. The zero-order valence-corrected chi connectivity index (χ0v) is 15.9. The highest BCUT2D eigenvalue weighted by Crippen LogP contribution is 2.19. The fourth-order valence-corrected chi connectivity index (χ4v) is 3.25. The van der Waals surface area contributed by atoms with Gasteiger partial charge in [-0.1, -0.05) is 24.3 Å². The van der Waals surface area contributed by atoms with E-state index in [0.717, 1.165) is 6.26 Å². The predicted molar refractivity (Wildman–Crippen MR) is 99.5 cm³/mol. The Balaban J connectivity index is 2.16. The molecule has 2 aromatic carbocycles. The number of Topliss-reactive ketones (excluding diaryl/α,β-unsaturated/α-hetero) is 1. The second-order valence-electron chi connectivity index (χ2n) is 5.91. The van der Waals surface area contributed by atoms with E-state index in [0.29, 0.717) is 11.3 Å². The van der Waals surface area contributed by atoms with Crippen molar-refractivity contribution in [2.45, 2.75) is 24.8 Å². The Bertz CT molecular complexity index is 997. The molecule has 0 spiro atoms. The maximum Gasteiger partial charge on any atom is 0.340 e. The van der Waals surface area contributed by atoms with Crippen molar-refractivity contribution < 1.29 is 27.5 Å². The number of hydrogen-bond acceptors (Lipinski definition) is 6. The highest BCUT2D eigenvalue weighted by molar-refractivity contribution is 7.90. The van der Waals surface area contributed by atoms with E-state index in [4.69, 9.17) is 4.74 Å². The van der Waals surface area contributed by atoms with Crippen molar-refractivity contribution in [2.24, 2.45) is 0 Å². The number of hydrogen-bond donors (Lipinski definition) is 1. The molecule has 2 rings (SSSR count). The molecule has 0 aliphatic heterocycles. The van der Waals surface area contributed by atoms with Crippen LogP contribution in [-0.4, -0.2) is 38.4 Å². The standard InChI is InChI=1S/C19H19NO6S/c1-12(21)14-8-4-6-10-16(14)20-18(22)13(2)26-19(23)15-9-5-7-11-17(15)27(3,24)25/h4-11,13H,1-3H3,(H,20,22)/t13-/m1/s1. The average Bonchev–Trinajstić information content (AvgIpc) is 2.61. The molecule has 8 heteroatoms. The van der Waals surface area contributed by atoms with Crippen LogP contribution >= 0.6 is 0 Å². The molecule has 0 radical (unpaired) electrons. The van der Waals surface area contributed by atoms with Crippen LogP contribution in [0.3, 0.4) is 0 Å². The van der Waals surface area contributed by atoms with Crippen LogP contribution in [0.25, 0.3) is 0 Å². The van der Waals surface area contributed by atoms with Crippen LogP contribution in [-0.2, 0) is 19.4 Å². The van der Waals surface area contributed by atoms with Gasteiger partial charge in [-0.25, -0.2) is 13.2 Å². The normalized spacial score (nSPS) is 12.1. The van der Waals surface area contributed by atoms with Crippen molar-refractivity contribution in [3.63, 3.8) is 0 Å². The number of rotatable bonds is 6. The Labute approximate surface area is 157 Å². The molecule has 2 aromatic rings. The molecule has 0 aliphatic carbocycles. The Morgan fingerprint density at radius 1 is 0.963 bits per heavy atom. The Hall–Kier alpha value is -3.00. The molecule has 0 fully saturated rings. The number of carbonyl (C=O) groups is 3. The smallest absolute Gasteiger partial charge is 0.340 e. The Kier molecular flexibility index (Phi) is 6.12. The fraction of sp³-hybridized carbons (Fsp3) is 0.211. The molecular weight excluding hydrogens is 370 g/mol. The third-order valence-electron chi connectivity index (χ3n) is 3.72. The van der Waals surface area contributed by atoms with Crippen LogP contribution in [0.1, 0.15) is 34.6 Å². The number of carbonyl (C=O) groups excluding carboxylic acids is 3. The number of ketones is 1. The molecule has 0 unspecified atom stereocenters. The number of anilines is 1. The minimum absolute atomic E-state index is 0.149. The van der Waals surface area contributed by atoms with Crippen molar-refractivity contribution in [2.75, 3.05) is 11.6 Å². The maximum atomic E-state index is 12.3. The lowest BCUT2D eigenvalue weighted by molar-refractivity contribution is -0.123. The number of sulfone groups is 1. The summed E-state index contributed by atoms with van der Waals surface area (Å²) in [5.41, 5.74) is 0.477. The molecule has 1 amide bonds. The molecule has 142 valence electrons. The van der Waals surface area contributed by atoms with Gasteiger partial charge in [0, 0.05) is 11.8 Å². The Morgan fingerprint density at radius 3 is 2.11 bits per heavy atom. The molecule has 0 bridgehead atoms. The first-order valence-corrected chi connectivity index (χ1v) is 9.91. The molecule has 27 heavy (non-hydrogen) atoms. The van der Waals surface area contributed by atoms with E-state index in [1.165, 1.54) is 38.1 Å². The summed E-state index contributed by atoms with van der Waals surface area (Å²) < 4.78 is 28.7.